The molecule has 1 aliphatic rings. The third-order valence-electron chi connectivity index (χ3n) is 4.26. The van der Waals surface area contributed by atoms with E-state index >= 15 is 0 Å². The molecule has 1 saturated heterocycles. The molecule has 0 radical (unpaired) electrons. The fourth-order valence-corrected chi connectivity index (χ4v) is 2.77. The zero-order chi connectivity index (χ0) is 15.5. The monoisotopic (exact) mass is 290 g/mol. The van der Waals surface area contributed by atoms with Crippen molar-refractivity contribution in [1.29, 1.82) is 0 Å². The molecule has 0 spiro atoms. The van der Waals surface area contributed by atoms with Gasteiger partial charge in [0.25, 0.3) is 0 Å². The van der Waals surface area contributed by atoms with Gasteiger partial charge >= 0.3 is 0 Å². The zero-order valence-corrected chi connectivity index (χ0v) is 14.2. The molecular weight excluding hydrogens is 260 g/mol. The van der Waals surface area contributed by atoms with Crippen LogP contribution in [0.4, 0.5) is 11.6 Å². The molecule has 4 heteroatoms. The van der Waals surface area contributed by atoms with E-state index in [9.17, 15) is 0 Å². The van der Waals surface area contributed by atoms with Gasteiger partial charge in [0.05, 0.1) is 0 Å². The minimum Gasteiger partial charge on any atom is -0.370 e. The predicted molar refractivity (Wildman–Crippen MR) is 90.1 cm³/mol. The second kappa shape index (κ2) is 6.63. The number of rotatable bonds is 4. The summed E-state index contributed by atoms with van der Waals surface area (Å²) in [4.78, 5) is 11.9. The normalized spacial score (nSPS) is 17.1. The first kappa shape index (κ1) is 16.1. The smallest absolute Gasteiger partial charge is 0.138 e. The molecule has 118 valence electrons. The SMILES string of the molecule is CCNc1cc(N2CCC(CC)CC2)nc(C(C)(C)C)n1. The van der Waals surface area contributed by atoms with Gasteiger partial charge in [0.1, 0.15) is 17.5 Å². The fourth-order valence-electron chi connectivity index (χ4n) is 2.77. The van der Waals surface area contributed by atoms with Gasteiger partial charge < -0.3 is 10.2 Å². The molecule has 2 rings (SSSR count). The lowest BCUT2D eigenvalue weighted by Crippen LogP contribution is -2.34. The second-order valence-corrected chi connectivity index (χ2v) is 7.05. The summed E-state index contributed by atoms with van der Waals surface area (Å²) in [5.74, 6) is 3.84. The van der Waals surface area contributed by atoms with Crippen molar-refractivity contribution in [3.63, 3.8) is 0 Å². The molecule has 1 fully saturated rings. The van der Waals surface area contributed by atoms with Gasteiger partial charge in [-0.15, -0.1) is 0 Å². The van der Waals surface area contributed by atoms with E-state index < -0.39 is 0 Å². The van der Waals surface area contributed by atoms with Crippen LogP contribution in [0.2, 0.25) is 0 Å². The minimum absolute atomic E-state index is 0.0259. The molecule has 1 aromatic rings. The third kappa shape index (κ3) is 4.08. The van der Waals surface area contributed by atoms with Gasteiger partial charge in [-0.1, -0.05) is 34.1 Å². The third-order valence-corrected chi connectivity index (χ3v) is 4.26. The van der Waals surface area contributed by atoms with Gasteiger partial charge in [0.2, 0.25) is 0 Å². The highest BCUT2D eigenvalue weighted by molar-refractivity contribution is 5.50. The molecule has 2 heterocycles. The lowest BCUT2D eigenvalue weighted by atomic mass is 9.94. The van der Waals surface area contributed by atoms with E-state index in [2.05, 4.69) is 55.9 Å². The van der Waals surface area contributed by atoms with Crippen LogP contribution in [-0.4, -0.2) is 29.6 Å². The Bertz CT molecular complexity index is 456. The lowest BCUT2D eigenvalue weighted by molar-refractivity contribution is 0.393. The quantitative estimate of drug-likeness (QED) is 0.915. The standard InChI is InChI=1S/C17H30N4/c1-6-13-8-10-21(11-9-13)15-12-14(18-7-2)19-16(20-15)17(3,4)5/h12-13H,6-11H2,1-5H3,(H,18,19,20). The molecule has 21 heavy (non-hydrogen) atoms. The van der Waals surface area contributed by atoms with Gasteiger partial charge in [0, 0.05) is 31.1 Å². The summed E-state index contributed by atoms with van der Waals surface area (Å²) in [6, 6.07) is 2.10. The van der Waals surface area contributed by atoms with Gasteiger partial charge in [-0.3, -0.25) is 0 Å². The van der Waals surface area contributed by atoms with Gasteiger partial charge in [-0.25, -0.2) is 9.97 Å². The summed E-state index contributed by atoms with van der Waals surface area (Å²) >= 11 is 0. The molecular formula is C17H30N4. The van der Waals surface area contributed by atoms with E-state index in [0.29, 0.717) is 0 Å². The Morgan fingerprint density at radius 3 is 2.38 bits per heavy atom. The maximum absolute atomic E-state index is 4.84. The molecule has 0 bridgehead atoms. The Labute approximate surface area is 129 Å². The largest absolute Gasteiger partial charge is 0.370 e. The number of hydrogen-bond donors (Lipinski definition) is 1. The van der Waals surface area contributed by atoms with Crippen molar-refractivity contribution < 1.29 is 0 Å². The molecule has 0 unspecified atom stereocenters. The Kier molecular flexibility index (Phi) is 5.07. The number of aromatic nitrogens is 2. The molecule has 1 N–H and O–H groups in total. The van der Waals surface area contributed by atoms with Crippen molar-refractivity contribution in [2.75, 3.05) is 29.9 Å². The van der Waals surface area contributed by atoms with E-state index in [0.717, 1.165) is 43.0 Å². The highest BCUT2D eigenvalue weighted by atomic mass is 15.2. The van der Waals surface area contributed by atoms with E-state index in [-0.39, 0.29) is 5.41 Å². The molecule has 0 amide bonds. The van der Waals surface area contributed by atoms with Crippen molar-refractivity contribution in [2.45, 2.75) is 59.3 Å². The second-order valence-electron chi connectivity index (χ2n) is 7.05. The summed E-state index contributed by atoms with van der Waals surface area (Å²) in [7, 11) is 0. The minimum atomic E-state index is -0.0259. The zero-order valence-electron chi connectivity index (χ0n) is 14.2. The highest BCUT2D eigenvalue weighted by Gasteiger charge is 2.23. The van der Waals surface area contributed by atoms with E-state index in [1.807, 2.05) is 0 Å². The molecule has 0 aromatic carbocycles. The summed E-state index contributed by atoms with van der Waals surface area (Å²) < 4.78 is 0. The van der Waals surface area contributed by atoms with E-state index in [4.69, 9.17) is 4.98 Å². The van der Waals surface area contributed by atoms with Crippen LogP contribution in [0.15, 0.2) is 6.07 Å². The van der Waals surface area contributed by atoms with Crippen LogP contribution < -0.4 is 10.2 Å². The first-order valence-corrected chi connectivity index (χ1v) is 8.32. The molecule has 4 nitrogen and oxygen atoms in total. The van der Waals surface area contributed by atoms with Crippen molar-refractivity contribution >= 4 is 11.6 Å². The maximum Gasteiger partial charge on any atom is 0.138 e. The van der Waals surface area contributed by atoms with Crippen molar-refractivity contribution in [2.24, 2.45) is 5.92 Å². The van der Waals surface area contributed by atoms with Crippen LogP contribution >= 0.6 is 0 Å². The first-order valence-electron chi connectivity index (χ1n) is 8.32. The number of anilines is 2. The number of nitrogens with zero attached hydrogens (tertiary/aromatic N) is 3. The molecule has 0 aliphatic carbocycles. The van der Waals surface area contributed by atoms with Gasteiger partial charge in [-0.05, 0) is 25.7 Å². The average molecular weight is 290 g/mol. The Hall–Kier alpha value is -1.32. The fraction of sp³-hybridized carbons (Fsp3) is 0.765. The average Bonchev–Trinajstić information content (AvgIpc) is 2.46. The van der Waals surface area contributed by atoms with Crippen LogP contribution in [-0.2, 0) is 5.41 Å². The van der Waals surface area contributed by atoms with Gasteiger partial charge in [-0.2, -0.15) is 0 Å². The van der Waals surface area contributed by atoms with Crippen LogP contribution in [0.5, 0.6) is 0 Å². The summed E-state index contributed by atoms with van der Waals surface area (Å²) in [6.07, 6.45) is 3.86. The summed E-state index contributed by atoms with van der Waals surface area (Å²) in [5.41, 5.74) is -0.0259. The van der Waals surface area contributed by atoms with Crippen LogP contribution in [0.25, 0.3) is 0 Å². The highest BCUT2D eigenvalue weighted by Crippen LogP contribution is 2.27. The van der Waals surface area contributed by atoms with Crippen molar-refractivity contribution in [3.8, 4) is 0 Å². The molecule has 0 atom stereocenters. The number of hydrogen-bond acceptors (Lipinski definition) is 4. The predicted octanol–water partition coefficient (Wildman–Crippen LogP) is 3.83. The Morgan fingerprint density at radius 2 is 1.86 bits per heavy atom. The number of piperidine rings is 1. The molecule has 0 saturated carbocycles. The molecule has 1 aromatic heterocycles. The Balaban J connectivity index is 2.24. The molecule has 1 aliphatic heterocycles. The maximum atomic E-state index is 4.84. The Morgan fingerprint density at radius 1 is 1.19 bits per heavy atom. The first-order chi connectivity index (χ1) is 9.94. The van der Waals surface area contributed by atoms with Crippen LogP contribution in [0, 0.1) is 5.92 Å². The summed E-state index contributed by atoms with van der Waals surface area (Å²) in [6.45, 7) is 14.0. The topological polar surface area (TPSA) is 41.0 Å². The van der Waals surface area contributed by atoms with Crippen molar-refractivity contribution in [3.05, 3.63) is 11.9 Å². The van der Waals surface area contributed by atoms with Gasteiger partial charge in [0.15, 0.2) is 0 Å². The number of nitrogens with one attached hydrogen (secondary N) is 1. The van der Waals surface area contributed by atoms with Crippen molar-refractivity contribution in [1.82, 2.24) is 9.97 Å². The van der Waals surface area contributed by atoms with Crippen LogP contribution in [0.3, 0.4) is 0 Å². The van der Waals surface area contributed by atoms with Crippen LogP contribution in [0.1, 0.15) is 59.7 Å². The van der Waals surface area contributed by atoms with E-state index in [1.165, 1.54) is 19.3 Å². The van der Waals surface area contributed by atoms with E-state index in [1.54, 1.807) is 0 Å². The lowest BCUT2D eigenvalue weighted by Gasteiger charge is -2.33. The summed E-state index contributed by atoms with van der Waals surface area (Å²) in [5, 5.41) is 3.34.